The fourth-order valence-electron chi connectivity index (χ4n) is 3.13. The third-order valence-electron chi connectivity index (χ3n) is 4.50. The van der Waals surface area contributed by atoms with Gasteiger partial charge in [0.15, 0.2) is 11.5 Å². The van der Waals surface area contributed by atoms with E-state index in [2.05, 4.69) is 5.32 Å². The van der Waals surface area contributed by atoms with E-state index in [0.29, 0.717) is 35.2 Å². The highest BCUT2D eigenvalue weighted by Crippen LogP contribution is 2.45. The number of urea groups is 1. The molecule has 0 aliphatic carbocycles. The summed E-state index contributed by atoms with van der Waals surface area (Å²) in [5, 5.41) is 2.77. The van der Waals surface area contributed by atoms with E-state index in [4.69, 9.17) is 18.9 Å². The SMILES string of the molecule is COc1ccc(NC(=O)N2CCS[C@@H]2c2cccc(OC)c2OC)c(OC)c1. The van der Waals surface area contributed by atoms with Crippen LogP contribution in [0.15, 0.2) is 36.4 Å². The van der Waals surface area contributed by atoms with Gasteiger partial charge in [-0.2, -0.15) is 0 Å². The normalized spacial score (nSPS) is 15.9. The van der Waals surface area contributed by atoms with E-state index < -0.39 is 0 Å². The van der Waals surface area contributed by atoms with Gasteiger partial charge in [-0.25, -0.2) is 4.79 Å². The number of para-hydroxylation sites is 1. The number of benzene rings is 2. The summed E-state index contributed by atoms with van der Waals surface area (Å²) >= 11 is 1.69. The molecule has 2 amide bonds. The number of nitrogens with one attached hydrogen (secondary N) is 1. The van der Waals surface area contributed by atoms with Gasteiger partial charge in [-0.3, -0.25) is 0 Å². The summed E-state index contributed by atoms with van der Waals surface area (Å²) in [4.78, 5) is 14.8. The molecule has 1 heterocycles. The van der Waals surface area contributed by atoms with Crippen LogP contribution in [0.25, 0.3) is 0 Å². The van der Waals surface area contributed by atoms with Gasteiger partial charge in [0.2, 0.25) is 0 Å². The van der Waals surface area contributed by atoms with Crippen LogP contribution in [0.2, 0.25) is 0 Å². The number of rotatable bonds is 6. The topological polar surface area (TPSA) is 69.3 Å². The molecule has 7 nitrogen and oxygen atoms in total. The van der Waals surface area contributed by atoms with Crippen LogP contribution in [0.3, 0.4) is 0 Å². The Morgan fingerprint density at radius 1 is 1.04 bits per heavy atom. The lowest BCUT2D eigenvalue weighted by atomic mass is 10.1. The molecule has 28 heavy (non-hydrogen) atoms. The number of carbonyl (C=O) groups is 1. The standard InChI is InChI=1S/C20H24N2O5S/c1-24-13-8-9-15(17(12-13)26-3)21-20(23)22-10-11-28-19(22)14-6-5-7-16(25-2)18(14)27-4/h5-9,12,19H,10-11H2,1-4H3,(H,21,23)/t19-/m1/s1. The van der Waals surface area contributed by atoms with Gasteiger partial charge in [-0.1, -0.05) is 12.1 Å². The van der Waals surface area contributed by atoms with Gasteiger partial charge >= 0.3 is 6.03 Å². The van der Waals surface area contributed by atoms with Gasteiger partial charge in [-0.15, -0.1) is 11.8 Å². The van der Waals surface area contributed by atoms with Gasteiger partial charge in [0, 0.05) is 23.9 Å². The maximum absolute atomic E-state index is 13.0. The average molecular weight is 404 g/mol. The summed E-state index contributed by atoms with van der Waals surface area (Å²) in [6, 6.07) is 10.8. The van der Waals surface area contributed by atoms with E-state index >= 15 is 0 Å². The Morgan fingerprint density at radius 2 is 1.82 bits per heavy atom. The molecule has 1 saturated heterocycles. The molecular weight excluding hydrogens is 380 g/mol. The predicted molar refractivity (Wildman–Crippen MR) is 110 cm³/mol. The molecule has 2 aromatic rings. The van der Waals surface area contributed by atoms with Crippen molar-refractivity contribution in [3.05, 3.63) is 42.0 Å². The molecule has 1 N–H and O–H groups in total. The van der Waals surface area contributed by atoms with E-state index in [1.807, 2.05) is 18.2 Å². The van der Waals surface area contributed by atoms with Gasteiger partial charge in [0.25, 0.3) is 0 Å². The number of hydrogen-bond donors (Lipinski definition) is 1. The Labute approximate surface area is 168 Å². The molecular formula is C20H24N2O5S. The Kier molecular flexibility index (Phi) is 6.41. The fourth-order valence-corrected chi connectivity index (χ4v) is 4.40. The van der Waals surface area contributed by atoms with Crippen molar-refractivity contribution in [3.8, 4) is 23.0 Å². The lowest BCUT2D eigenvalue weighted by molar-refractivity contribution is 0.213. The van der Waals surface area contributed by atoms with Gasteiger partial charge in [0.05, 0.1) is 34.1 Å². The van der Waals surface area contributed by atoms with E-state index in [0.717, 1.165) is 11.3 Å². The summed E-state index contributed by atoms with van der Waals surface area (Å²) < 4.78 is 21.5. The Morgan fingerprint density at radius 3 is 2.50 bits per heavy atom. The number of carbonyl (C=O) groups excluding carboxylic acids is 1. The van der Waals surface area contributed by atoms with Crippen molar-refractivity contribution in [1.29, 1.82) is 0 Å². The highest BCUT2D eigenvalue weighted by molar-refractivity contribution is 7.99. The third-order valence-corrected chi connectivity index (χ3v) is 5.74. The summed E-state index contributed by atoms with van der Waals surface area (Å²) in [7, 11) is 6.35. The summed E-state index contributed by atoms with van der Waals surface area (Å²) in [5.74, 6) is 3.31. The maximum atomic E-state index is 13.0. The first-order valence-corrected chi connectivity index (χ1v) is 9.80. The Bertz CT molecular complexity index is 845. The number of hydrogen-bond acceptors (Lipinski definition) is 6. The monoisotopic (exact) mass is 404 g/mol. The summed E-state index contributed by atoms with van der Waals surface area (Å²) in [5.41, 5.74) is 1.49. The molecule has 0 bridgehead atoms. The molecule has 0 radical (unpaired) electrons. The van der Waals surface area contributed by atoms with E-state index in [1.54, 1.807) is 63.3 Å². The summed E-state index contributed by atoms with van der Waals surface area (Å²) in [6.45, 7) is 0.625. The molecule has 1 aliphatic rings. The van der Waals surface area contributed by atoms with Crippen LogP contribution >= 0.6 is 11.8 Å². The minimum Gasteiger partial charge on any atom is -0.497 e. The first-order chi connectivity index (χ1) is 13.6. The number of nitrogens with zero attached hydrogens (tertiary/aromatic N) is 1. The van der Waals surface area contributed by atoms with Crippen LogP contribution in [-0.4, -0.2) is 51.7 Å². The lowest BCUT2D eigenvalue weighted by Gasteiger charge is -2.26. The van der Waals surface area contributed by atoms with E-state index in [-0.39, 0.29) is 11.4 Å². The van der Waals surface area contributed by atoms with E-state index in [1.165, 1.54) is 0 Å². The van der Waals surface area contributed by atoms with Crippen molar-refractivity contribution in [2.45, 2.75) is 5.37 Å². The van der Waals surface area contributed by atoms with Gasteiger partial charge in [-0.05, 0) is 18.2 Å². The molecule has 1 fully saturated rings. The molecule has 0 spiro atoms. The number of methoxy groups -OCH3 is 4. The Hall–Kier alpha value is -2.74. The number of anilines is 1. The van der Waals surface area contributed by atoms with Crippen molar-refractivity contribution >= 4 is 23.5 Å². The lowest BCUT2D eigenvalue weighted by Crippen LogP contribution is -2.34. The quantitative estimate of drug-likeness (QED) is 0.785. The molecule has 8 heteroatoms. The fraction of sp³-hybridized carbons (Fsp3) is 0.350. The minimum absolute atomic E-state index is 0.172. The van der Waals surface area contributed by atoms with Crippen molar-refractivity contribution in [2.75, 3.05) is 46.1 Å². The van der Waals surface area contributed by atoms with Crippen molar-refractivity contribution in [1.82, 2.24) is 4.90 Å². The molecule has 1 aliphatic heterocycles. The number of ether oxygens (including phenoxy) is 4. The zero-order valence-electron chi connectivity index (χ0n) is 16.4. The van der Waals surface area contributed by atoms with Crippen LogP contribution in [0.5, 0.6) is 23.0 Å². The maximum Gasteiger partial charge on any atom is 0.323 e. The van der Waals surface area contributed by atoms with Crippen LogP contribution in [0.4, 0.5) is 10.5 Å². The second-order valence-corrected chi connectivity index (χ2v) is 7.18. The molecule has 150 valence electrons. The predicted octanol–water partition coefficient (Wildman–Crippen LogP) is 4.00. The molecule has 0 aromatic heterocycles. The average Bonchev–Trinajstić information content (AvgIpc) is 3.23. The zero-order valence-corrected chi connectivity index (χ0v) is 17.2. The highest BCUT2D eigenvalue weighted by atomic mass is 32.2. The first kappa shape index (κ1) is 20.0. The second-order valence-electron chi connectivity index (χ2n) is 6.00. The van der Waals surface area contributed by atoms with Crippen LogP contribution in [-0.2, 0) is 0 Å². The second kappa shape index (κ2) is 8.97. The molecule has 1 atom stereocenters. The first-order valence-electron chi connectivity index (χ1n) is 8.75. The Balaban J connectivity index is 1.85. The van der Waals surface area contributed by atoms with Crippen molar-refractivity contribution < 1.29 is 23.7 Å². The van der Waals surface area contributed by atoms with Crippen molar-refractivity contribution in [2.24, 2.45) is 0 Å². The third kappa shape index (κ3) is 3.91. The molecule has 0 unspecified atom stereocenters. The summed E-state index contributed by atoms with van der Waals surface area (Å²) in [6.07, 6.45) is 0. The highest BCUT2D eigenvalue weighted by Gasteiger charge is 2.33. The van der Waals surface area contributed by atoms with Gasteiger partial charge in [0.1, 0.15) is 16.9 Å². The van der Waals surface area contributed by atoms with Gasteiger partial charge < -0.3 is 29.2 Å². The minimum atomic E-state index is -0.205. The van der Waals surface area contributed by atoms with Crippen LogP contribution in [0.1, 0.15) is 10.9 Å². The van der Waals surface area contributed by atoms with Crippen molar-refractivity contribution in [3.63, 3.8) is 0 Å². The molecule has 0 saturated carbocycles. The van der Waals surface area contributed by atoms with Crippen LogP contribution in [0, 0.1) is 0 Å². The molecule has 3 rings (SSSR count). The largest absolute Gasteiger partial charge is 0.497 e. The number of amides is 2. The molecule has 2 aromatic carbocycles. The van der Waals surface area contributed by atoms with Crippen LogP contribution < -0.4 is 24.3 Å². The number of thioether (sulfide) groups is 1. The van der Waals surface area contributed by atoms with E-state index in [9.17, 15) is 4.79 Å². The zero-order chi connectivity index (χ0) is 20.1. The smallest absolute Gasteiger partial charge is 0.323 e.